The quantitative estimate of drug-likeness (QED) is 0.502. The van der Waals surface area contributed by atoms with E-state index >= 15 is 0 Å². The van der Waals surface area contributed by atoms with Crippen molar-refractivity contribution in [2.75, 3.05) is 0 Å². The van der Waals surface area contributed by atoms with Crippen molar-refractivity contribution < 1.29 is 0 Å². The second kappa shape index (κ2) is 6.80. The molecule has 1 aromatic carbocycles. The molecular formula is C15H20BrCl. The number of hydrogen-bond acceptors (Lipinski definition) is 0. The second-order valence-corrected chi connectivity index (χ2v) is 6.71. The van der Waals surface area contributed by atoms with Gasteiger partial charge in [0.15, 0.2) is 0 Å². The van der Waals surface area contributed by atoms with Gasteiger partial charge in [0.25, 0.3) is 0 Å². The Hall–Kier alpha value is -0.0100. The number of alkyl halides is 1. The third-order valence-corrected chi connectivity index (χ3v) is 5.08. The first kappa shape index (κ1) is 13.4. The molecule has 0 amide bonds. The van der Waals surface area contributed by atoms with Crippen molar-refractivity contribution >= 4 is 27.5 Å². The fraction of sp³-hybridized carbons (Fsp3) is 0.600. The Balaban J connectivity index is 1.90. The van der Waals surface area contributed by atoms with E-state index in [2.05, 4.69) is 28.1 Å². The molecule has 1 atom stereocenters. The van der Waals surface area contributed by atoms with Crippen LogP contribution in [0.1, 0.15) is 44.1 Å². The highest BCUT2D eigenvalue weighted by Crippen LogP contribution is 2.31. The molecule has 94 valence electrons. The zero-order valence-electron chi connectivity index (χ0n) is 10.2. The van der Waals surface area contributed by atoms with Gasteiger partial charge < -0.3 is 0 Å². The molecule has 1 aromatic rings. The third kappa shape index (κ3) is 4.30. The zero-order chi connectivity index (χ0) is 12.1. The number of rotatable bonds is 3. The van der Waals surface area contributed by atoms with Crippen LogP contribution in [0.2, 0.25) is 5.02 Å². The van der Waals surface area contributed by atoms with E-state index in [1.54, 1.807) is 0 Å². The molecule has 0 aromatic heterocycles. The largest absolute Gasteiger partial charge is 0.0884 e. The van der Waals surface area contributed by atoms with Gasteiger partial charge in [0.2, 0.25) is 0 Å². The molecule has 0 radical (unpaired) electrons. The summed E-state index contributed by atoms with van der Waals surface area (Å²) in [6.07, 6.45) is 9.59. The van der Waals surface area contributed by atoms with Gasteiger partial charge in [0, 0.05) is 9.85 Å². The Bertz CT molecular complexity index is 325. The lowest BCUT2D eigenvalue weighted by atomic mass is 9.93. The van der Waals surface area contributed by atoms with Gasteiger partial charge in [-0.05, 0) is 42.9 Å². The summed E-state index contributed by atoms with van der Waals surface area (Å²) >= 11 is 9.80. The van der Waals surface area contributed by atoms with Crippen LogP contribution in [0, 0.1) is 5.92 Å². The van der Waals surface area contributed by atoms with Crippen LogP contribution in [0.3, 0.4) is 0 Å². The predicted octanol–water partition coefficient (Wildman–Crippen LogP) is 5.62. The molecule has 0 heterocycles. The Kier molecular flexibility index (Phi) is 5.37. The molecule has 0 N–H and O–H groups in total. The maximum atomic E-state index is 5.91. The molecule has 17 heavy (non-hydrogen) atoms. The Morgan fingerprint density at radius 2 is 1.65 bits per heavy atom. The van der Waals surface area contributed by atoms with Crippen molar-refractivity contribution in [1.82, 2.24) is 0 Å². The minimum absolute atomic E-state index is 0.627. The minimum atomic E-state index is 0.627. The van der Waals surface area contributed by atoms with Gasteiger partial charge in [0.05, 0.1) is 0 Å². The fourth-order valence-electron chi connectivity index (χ4n) is 2.68. The van der Waals surface area contributed by atoms with E-state index in [0.717, 1.165) is 17.4 Å². The summed E-state index contributed by atoms with van der Waals surface area (Å²) in [5, 5.41) is 0.828. The van der Waals surface area contributed by atoms with Gasteiger partial charge in [-0.25, -0.2) is 0 Å². The van der Waals surface area contributed by atoms with Crippen molar-refractivity contribution in [3.8, 4) is 0 Å². The minimum Gasteiger partial charge on any atom is -0.0884 e. The molecule has 0 nitrogen and oxygen atoms in total. The van der Waals surface area contributed by atoms with Gasteiger partial charge in [-0.1, -0.05) is 65.3 Å². The van der Waals surface area contributed by atoms with E-state index in [-0.39, 0.29) is 0 Å². The fourth-order valence-corrected chi connectivity index (χ4v) is 3.71. The van der Waals surface area contributed by atoms with Gasteiger partial charge in [0.1, 0.15) is 0 Å². The lowest BCUT2D eigenvalue weighted by molar-refractivity contribution is 0.445. The van der Waals surface area contributed by atoms with Crippen LogP contribution < -0.4 is 0 Å². The molecule has 1 aliphatic carbocycles. The van der Waals surface area contributed by atoms with E-state index < -0.39 is 0 Å². The van der Waals surface area contributed by atoms with Crippen LogP contribution in [0.4, 0.5) is 0 Å². The maximum Gasteiger partial charge on any atom is 0.0406 e. The monoisotopic (exact) mass is 314 g/mol. The van der Waals surface area contributed by atoms with Crippen LogP contribution >= 0.6 is 27.5 Å². The van der Waals surface area contributed by atoms with Crippen LogP contribution in [0.25, 0.3) is 0 Å². The molecule has 2 rings (SSSR count). The number of hydrogen-bond donors (Lipinski definition) is 0. The topological polar surface area (TPSA) is 0 Å². The molecule has 0 bridgehead atoms. The summed E-state index contributed by atoms with van der Waals surface area (Å²) in [5.41, 5.74) is 1.39. The molecule has 2 heteroatoms. The van der Waals surface area contributed by atoms with Crippen molar-refractivity contribution in [2.45, 2.75) is 49.8 Å². The first-order valence-electron chi connectivity index (χ1n) is 6.64. The summed E-state index contributed by atoms with van der Waals surface area (Å²) in [6, 6.07) is 8.27. The van der Waals surface area contributed by atoms with Crippen LogP contribution in [0.15, 0.2) is 24.3 Å². The van der Waals surface area contributed by atoms with Crippen LogP contribution in [-0.2, 0) is 6.42 Å². The average molecular weight is 316 g/mol. The lowest BCUT2D eigenvalue weighted by Crippen LogP contribution is -2.16. The molecule has 1 unspecified atom stereocenters. The van der Waals surface area contributed by atoms with Crippen molar-refractivity contribution in [2.24, 2.45) is 5.92 Å². The third-order valence-electron chi connectivity index (χ3n) is 3.76. The highest BCUT2D eigenvalue weighted by Gasteiger charge is 2.20. The van der Waals surface area contributed by atoms with Crippen molar-refractivity contribution in [3.63, 3.8) is 0 Å². The second-order valence-electron chi connectivity index (χ2n) is 5.10. The summed E-state index contributed by atoms with van der Waals surface area (Å²) in [4.78, 5) is 0.627. The van der Waals surface area contributed by atoms with Gasteiger partial charge in [-0.15, -0.1) is 0 Å². The summed E-state index contributed by atoms with van der Waals surface area (Å²) in [7, 11) is 0. The van der Waals surface area contributed by atoms with E-state index in [1.807, 2.05) is 12.1 Å². The molecule has 1 fully saturated rings. The van der Waals surface area contributed by atoms with Crippen molar-refractivity contribution in [1.29, 1.82) is 0 Å². The number of halogens is 2. The maximum absolute atomic E-state index is 5.91. The van der Waals surface area contributed by atoms with Gasteiger partial charge in [-0.3, -0.25) is 0 Å². The highest BCUT2D eigenvalue weighted by atomic mass is 79.9. The van der Waals surface area contributed by atoms with Crippen LogP contribution in [-0.4, -0.2) is 4.83 Å². The molecule has 1 aliphatic rings. The summed E-state index contributed by atoms with van der Waals surface area (Å²) in [6.45, 7) is 0. The van der Waals surface area contributed by atoms with Gasteiger partial charge >= 0.3 is 0 Å². The Labute approximate surface area is 118 Å². The normalized spacial score (nSPS) is 19.9. The molecular weight excluding hydrogens is 296 g/mol. The van der Waals surface area contributed by atoms with E-state index in [4.69, 9.17) is 11.6 Å². The first-order chi connectivity index (χ1) is 8.25. The first-order valence-corrected chi connectivity index (χ1v) is 7.93. The van der Waals surface area contributed by atoms with E-state index in [9.17, 15) is 0 Å². The molecule has 0 saturated heterocycles. The van der Waals surface area contributed by atoms with E-state index in [1.165, 1.54) is 44.1 Å². The number of benzene rings is 1. The lowest BCUT2D eigenvalue weighted by Gasteiger charge is -2.20. The Morgan fingerprint density at radius 1 is 1.06 bits per heavy atom. The molecule has 0 aliphatic heterocycles. The van der Waals surface area contributed by atoms with Crippen molar-refractivity contribution in [3.05, 3.63) is 34.9 Å². The molecule has 0 spiro atoms. The zero-order valence-corrected chi connectivity index (χ0v) is 12.5. The summed E-state index contributed by atoms with van der Waals surface area (Å²) in [5.74, 6) is 0.855. The van der Waals surface area contributed by atoms with E-state index in [0.29, 0.717) is 4.83 Å². The SMILES string of the molecule is Clc1ccc(CC(Br)C2CCCCCC2)cc1. The smallest absolute Gasteiger partial charge is 0.0406 e. The predicted molar refractivity (Wildman–Crippen MR) is 79.1 cm³/mol. The summed E-state index contributed by atoms with van der Waals surface area (Å²) < 4.78 is 0. The highest BCUT2D eigenvalue weighted by molar-refractivity contribution is 9.09. The average Bonchev–Trinajstić information content (AvgIpc) is 2.61. The van der Waals surface area contributed by atoms with Crippen LogP contribution in [0.5, 0.6) is 0 Å². The standard InChI is InChI=1S/C15H20BrCl/c16-15(13-5-3-1-2-4-6-13)11-12-7-9-14(17)10-8-12/h7-10,13,15H,1-6,11H2. The van der Waals surface area contributed by atoms with Gasteiger partial charge in [-0.2, -0.15) is 0 Å². The Morgan fingerprint density at radius 3 is 2.24 bits per heavy atom. The molecule has 1 saturated carbocycles.